The molecule has 0 aliphatic rings. The molecule has 0 fully saturated rings. The summed E-state index contributed by atoms with van der Waals surface area (Å²) in [6.45, 7) is 2.64. The van der Waals surface area contributed by atoms with Crippen molar-refractivity contribution in [3.05, 3.63) is 64.7 Å². The Morgan fingerprint density at radius 3 is 2.40 bits per heavy atom. The number of rotatable bonds is 8. The molecule has 0 spiro atoms. The van der Waals surface area contributed by atoms with Crippen LogP contribution >= 0.6 is 11.6 Å². The highest BCUT2D eigenvalue weighted by atomic mass is 35.5. The molecule has 0 aliphatic heterocycles. The zero-order valence-electron chi connectivity index (χ0n) is 14.0. The standard InChI is InChI=1S/C19H21ClN2O3/c1-2-14-5-3-4-6-17(14)25-13-18(23)21-11-12-22-19(24)15-7-9-16(20)10-8-15/h3-10H,2,11-13H2,1H3,(H,21,23)(H,22,24). The minimum Gasteiger partial charge on any atom is -0.483 e. The van der Waals surface area contributed by atoms with Gasteiger partial charge in [-0.05, 0) is 42.3 Å². The van der Waals surface area contributed by atoms with Crippen molar-refractivity contribution in [2.75, 3.05) is 19.7 Å². The van der Waals surface area contributed by atoms with E-state index in [9.17, 15) is 9.59 Å². The Hall–Kier alpha value is -2.53. The molecule has 5 nitrogen and oxygen atoms in total. The molecular weight excluding hydrogens is 340 g/mol. The number of nitrogens with one attached hydrogen (secondary N) is 2. The Morgan fingerprint density at radius 2 is 1.68 bits per heavy atom. The maximum Gasteiger partial charge on any atom is 0.258 e. The van der Waals surface area contributed by atoms with E-state index in [0.29, 0.717) is 23.7 Å². The van der Waals surface area contributed by atoms with E-state index in [-0.39, 0.29) is 18.4 Å². The second-order valence-corrected chi connectivity index (χ2v) is 5.80. The third-order valence-corrected chi connectivity index (χ3v) is 3.80. The average molecular weight is 361 g/mol. The van der Waals surface area contributed by atoms with Gasteiger partial charge in [0.05, 0.1) is 0 Å². The van der Waals surface area contributed by atoms with Gasteiger partial charge in [0.25, 0.3) is 11.8 Å². The predicted octanol–water partition coefficient (Wildman–Crippen LogP) is 2.83. The van der Waals surface area contributed by atoms with Gasteiger partial charge in [0.1, 0.15) is 5.75 Å². The number of hydrogen-bond acceptors (Lipinski definition) is 3. The first kappa shape index (κ1) is 18.8. The second kappa shape index (κ2) is 9.69. The summed E-state index contributed by atoms with van der Waals surface area (Å²) in [5.41, 5.74) is 1.58. The lowest BCUT2D eigenvalue weighted by molar-refractivity contribution is -0.123. The van der Waals surface area contributed by atoms with E-state index >= 15 is 0 Å². The fraction of sp³-hybridized carbons (Fsp3) is 0.263. The number of carbonyl (C=O) groups excluding carboxylic acids is 2. The molecular formula is C19H21ClN2O3. The van der Waals surface area contributed by atoms with Gasteiger partial charge in [0, 0.05) is 23.7 Å². The topological polar surface area (TPSA) is 67.4 Å². The van der Waals surface area contributed by atoms with E-state index in [1.54, 1.807) is 24.3 Å². The van der Waals surface area contributed by atoms with E-state index in [0.717, 1.165) is 17.7 Å². The molecule has 0 unspecified atom stereocenters. The van der Waals surface area contributed by atoms with Gasteiger partial charge < -0.3 is 15.4 Å². The lowest BCUT2D eigenvalue weighted by Crippen LogP contribution is -2.36. The predicted molar refractivity (Wildman–Crippen MR) is 98.1 cm³/mol. The van der Waals surface area contributed by atoms with Crippen LogP contribution in [-0.4, -0.2) is 31.5 Å². The second-order valence-electron chi connectivity index (χ2n) is 5.36. The summed E-state index contributed by atoms with van der Waals surface area (Å²) in [5, 5.41) is 6.01. The molecule has 0 radical (unpaired) electrons. The van der Waals surface area contributed by atoms with E-state index in [2.05, 4.69) is 10.6 Å². The maximum atomic E-state index is 11.9. The van der Waals surface area contributed by atoms with Crippen LogP contribution in [0.3, 0.4) is 0 Å². The van der Waals surface area contributed by atoms with Crippen LogP contribution in [0.1, 0.15) is 22.8 Å². The van der Waals surface area contributed by atoms with Crippen LogP contribution in [-0.2, 0) is 11.2 Å². The van der Waals surface area contributed by atoms with Crippen LogP contribution in [0, 0.1) is 0 Å². The number of aryl methyl sites for hydroxylation is 1. The molecule has 25 heavy (non-hydrogen) atoms. The van der Waals surface area contributed by atoms with Gasteiger partial charge in [-0.15, -0.1) is 0 Å². The van der Waals surface area contributed by atoms with Crippen LogP contribution in [0.4, 0.5) is 0 Å². The Morgan fingerprint density at radius 1 is 1.00 bits per heavy atom. The quantitative estimate of drug-likeness (QED) is 0.711. The summed E-state index contributed by atoms with van der Waals surface area (Å²) < 4.78 is 5.54. The first-order valence-corrected chi connectivity index (χ1v) is 8.49. The Kier molecular flexibility index (Phi) is 7.29. The van der Waals surface area contributed by atoms with Crippen LogP contribution < -0.4 is 15.4 Å². The summed E-state index contributed by atoms with van der Waals surface area (Å²) in [7, 11) is 0. The minimum atomic E-state index is -0.230. The molecule has 0 heterocycles. The summed E-state index contributed by atoms with van der Waals surface area (Å²) in [4.78, 5) is 23.7. The first-order valence-electron chi connectivity index (χ1n) is 8.11. The average Bonchev–Trinajstić information content (AvgIpc) is 2.64. The number of ether oxygens (including phenoxy) is 1. The van der Waals surface area contributed by atoms with Crippen molar-refractivity contribution in [3.63, 3.8) is 0 Å². The van der Waals surface area contributed by atoms with Crippen molar-refractivity contribution < 1.29 is 14.3 Å². The fourth-order valence-corrected chi connectivity index (χ4v) is 2.34. The van der Waals surface area contributed by atoms with Gasteiger partial charge in [-0.25, -0.2) is 0 Å². The molecule has 6 heteroatoms. The Bertz CT molecular complexity index is 717. The Labute approximate surface area is 152 Å². The minimum absolute atomic E-state index is 0.0534. The summed E-state index contributed by atoms with van der Waals surface area (Å²) in [5.74, 6) is 0.280. The number of benzene rings is 2. The van der Waals surface area contributed by atoms with E-state index in [1.807, 2.05) is 31.2 Å². The highest BCUT2D eigenvalue weighted by Crippen LogP contribution is 2.17. The van der Waals surface area contributed by atoms with Crippen molar-refractivity contribution in [3.8, 4) is 5.75 Å². The number of carbonyl (C=O) groups is 2. The first-order chi connectivity index (χ1) is 12.1. The third kappa shape index (κ3) is 6.12. The SMILES string of the molecule is CCc1ccccc1OCC(=O)NCCNC(=O)c1ccc(Cl)cc1. The highest BCUT2D eigenvalue weighted by Gasteiger charge is 2.07. The van der Waals surface area contributed by atoms with Crippen molar-refractivity contribution in [2.45, 2.75) is 13.3 Å². The lowest BCUT2D eigenvalue weighted by Gasteiger charge is -2.11. The third-order valence-electron chi connectivity index (χ3n) is 3.55. The molecule has 0 bridgehead atoms. The van der Waals surface area contributed by atoms with Gasteiger partial charge >= 0.3 is 0 Å². The molecule has 0 saturated heterocycles. The van der Waals surface area contributed by atoms with Crippen molar-refractivity contribution >= 4 is 23.4 Å². The molecule has 0 aliphatic carbocycles. The fourth-order valence-electron chi connectivity index (χ4n) is 2.21. The van der Waals surface area contributed by atoms with Crippen molar-refractivity contribution in [1.82, 2.24) is 10.6 Å². The molecule has 2 N–H and O–H groups in total. The van der Waals surface area contributed by atoms with Crippen LogP contribution in [0.15, 0.2) is 48.5 Å². The van der Waals surface area contributed by atoms with Crippen LogP contribution in [0.5, 0.6) is 5.75 Å². The van der Waals surface area contributed by atoms with Crippen LogP contribution in [0.2, 0.25) is 5.02 Å². The van der Waals surface area contributed by atoms with E-state index < -0.39 is 0 Å². The monoisotopic (exact) mass is 360 g/mol. The molecule has 132 valence electrons. The van der Waals surface area contributed by atoms with Crippen LogP contribution in [0.25, 0.3) is 0 Å². The molecule has 0 atom stereocenters. The van der Waals surface area contributed by atoms with Gasteiger partial charge in [-0.1, -0.05) is 36.7 Å². The maximum absolute atomic E-state index is 11.9. The molecule has 0 aromatic heterocycles. The zero-order chi connectivity index (χ0) is 18.1. The van der Waals surface area contributed by atoms with Gasteiger partial charge in [-0.2, -0.15) is 0 Å². The zero-order valence-corrected chi connectivity index (χ0v) is 14.8. The summed E-state index contributed by atoms with van der Waals surface area (Å²) in [6, 6.07) is 14.2. The molecule has 2 rings (SSSR count). The number of halogens is 1. The molecule has 0 saturated carbocycles. The van der Waals surface area contributed by atoms with E-state index in [4.69, 9.17) is 16.3 Å². The largest absolute Gasteiger partial charge is 0.483 e. The van der Waals surface area contributed by atoms with E-state index in [1.165, 1.54) is 0 Å². The molecule has 2 aromatic carbocycles. The summed E-state index contributed by atoms with van der Waals surface area (Å²) in [6.07, 6.45) is 0.842. The number of amides is 2. The molecule has 2 aromatic rings. The van der Waals surface area contributed by atoms with Crippen molar-refractivity contribution in [2.24, 2.45) is 0 Å². The number of para-hydroxylation sites is 1. The van der Waals surface area contributed by atoms with Gasteiger partial charge in [-0.3, -0.25) is 9.59 Å². The van der Waals surface area contributed by atoms with Gasteiger partial charge in [0.2, 0.25) is 0 Å². The lowest BCUT2D eigenvalue weighted by atomic mass is 10.1. The Balaban J connectivity index is 1.67. The summed E-state index contributed by atoms with van der Waals surface area (Å²) >= 11 is 5.78. The van der Waals surface area contributed by atoms with Crippen molar-refractivity contribution in [1.29, 1.82) is 0 Å². The number of hydrogen-bond donors (Lipinski definition) is 2. The molecule has 2 amide bonds. The normalized spacial score (nSPS) is 10.2. The highest BCUT2D eigenvalue weighted by molar-refractivity contribution is 6.30. The van der Waals surface area contributed by atoms with Gasteiger partial charge in [0.15, 0.2) is 6.61 Å². The smallest absolute Gasteiger partial charge is 0.258 e.